The number of esters is 2. The molecule has 4 bridgehead atoms. The molecule has 15 heteroatoms. The van der Waals surface area contributed by atoms with Gasteiger partial charge in [0.1, 0.15) is 18.1 Å². The van der Waals surface area contributed by atoms with Crippen LogP contribution in [0.15, 0.2) is 24.3 Å². The summed E-state index contributed by atoms with van der Waals surface area (Å²) in [5.74, 6) is 2.24. The topological polar surface area (TPSA) is 170 Å². The second kappa shape index (κ2) is 12.4. The molecule has 3 saturated heterocycles. The van der Waals surface area contributed by atoms with E-state index in [4.69, 9.17) is 34.2 Å². The number of nitrogens with two attached hydrogens (primary N) is 1. The van der Waals surface area contributed by atoms with Gasteiger partial charge in [-0.3, -0.25) is 19.9 Å². The number of nitrogens with one attached hydrogen (secondary N) is 2. The molecule has 8 atom stereocenters. The number of phenols is 1. The highest BCUT2D eigenvalue weighted by Gasteiger charge is 2.71. The van der Waals surface area contributed by atoms with Crippen LogP contribution in [0.1, 0.15) is 89.2 Å². The number of benzene rings is 3. The van der Waals surface area contributed by atoms with Crippen molar-refractivity contribution < 1.29 is 43.1 Å². The Balaban J connectivity index is 1.18. The molecule has 0 radical (unpaired) electrons. The third-order valence-electron chi connectivity index (χ3n) is 14.5. The summed E-state index contributed by atoms with van der Waals surface area (Å²) in [6, 6.07) is 6.71. The molecule has 0 amide bonds. The Morgan fingerprint density at radius 2 is 1.86 bits per heavy atom. The van der Waals surface area contributed by atoms with Crippen LogP contribution in [-0.4, -0.2) is 95.9 Å². The number of fused-ring (bicyclic) bond motifs is 11. The molecule has 310 valence electrons. The number of carbonyl (C=O) groups is 2. The summed E-state index contributed by atoms with van der Waals surface area (Å²) in [6.07, 6.45) is 1.37. The van der Waals surface area contributed by atoms with Crippen molar-refractivity contribution in [1.29, 1.82) is 0 Å². The largest absolute Gasteiger partial charge is 0.504 e. The zero-order chi connectivity index (χ0) is 41.1. The highest BCUT2D eigenvalue weighted by atomic mass is 32.2. The van der Waals surface area contributed by atoms with Gasteiger partial charge in [0.2, 0.25) is 6.79 Å². The van der Waals surface area contributed by atoms with E-state index in [1.807, 2.05) is 32.0 Å². The Hall–Kier alpha value is -4.67. The van der Waals surface area contributed by atoms with Crippen molar-refractivity contribution in [2.24, 2.45) is 5.73 Å². The van der Waals surface area contributed by atoms with Crippen LogP contribution in [-0.2, 0) is 31.8 Å². The maximum Gasteiger partial charge on any atom is 0.333 e. The molecule has 8 aliphatic heterocycles. The van der Waals surface area contributed by atoms with Gasteiger partial charge < -0.3 is 44.2 Å². The first kappa shape index (κ1) is 37.3. The number of ether oxygens (including phenoxy) is 6. The molecule has 9 heterocycles. The van der Waals surface area contributed by atoms with Crippen LogP contribution in [0.25, 0.3) is 10.9 Å². The minimum atomic E-state index is -1.33. The number of H-pyrrole nitrogens is 1. The highest BCUT2D eigenvalue weighted by molar-refractivity contribution is 7.99. The molecule has 12 rings (SSSR count). The lowest BCUT2D eigenvalue weighted by molar-refractivity contribution is -0.158. The maximum atomic E-state index is 15.2. The van der Waals surface area contributed by atoms with Gasteiger partial charge in [-0.05, 0) is 81.5 Å². The second-order valence-corrected chi connectivity index (χ2v) is 18.9. The zero-order valence-electron chi connectivity index (χ0n) is 34.2. The molecule has 4 aromatic rings. The fourth-order valence-electron chi connectivity index (χ4n) is 12.5. The summed E-state index contributed by atoms with van der Waals surface area (Å²) in [4.78, 5) is 37.1. The van der Waals surface area contributed by atoms with Gasteiger partial charge in [-0.1, -0.05) is 0 Å². The number of methoxy groups -OCH3 is 2. The van der Waals surface area contributed by atoms with Gasteiger partial charge in [0, 0.05) is 82.1 Å². The van der Waals surface area contributed by atoms with E-state index in [0.717, 1.165) is 62.1 Å². The minimum Gasteiger partial charge on any atom is -0.504 e. The molecule has 3 fully saturated rings. The maximum absolute atomic E-state index is 15.2. The van der Waals surface area contributed by atoms with E-state index in [9.17, 15) is 9.90 Å². The molecule has 0 saturated carbocycles. The summed E-state index contributed by atoms with van der Waals surface area (Å²) in [5.41, 5.74) is 12.1. The number of aromatic hydroxyl groups is 1. The summed E-state index contributed by atoms with van der Waals surface area (Å²) in [7, 11) is 3.24. The van der Waals surface area contributed by atoms with Crippen LogP contribution in [0, 0.1) is 13.8 Å². The van der Waals surface area contributed by atoms with Gasteiger partial charge in [-0.25, -0.2) is 4.79 Å². The minimum absolute atomic E-state index is 0.00741. The van der Waals surface area contributed by atoms with Gasteiger partial charge >= 0.3 is 11.9 Å². The molecular formula is C44H49N5O9S. The molecular weight excluding hydrogens is 775 g/mol. The molecule has 2 unspecified atom stereocenters. The van der Waals surface area contributed by atoms with Crippen molar-refractivity contribution in [3.8, 4) is 34.5 Å². The Morgan fingerprint density at radius 3 is 2.61 bits per heavy atom. The lowest BCUT2D eigenvalue weighted by Gasteiger charge is -2.60. The first-order chi connectivity index (χ1) is 28.3. The fraction of sp³-hybridized carbons (Fsp3) is 0.500. The first-order valence-corrected chi connectivity index (χ1v) is 21.4. The fourth-order valence-corrected chi connectivity index (χ4v) is 14.1. The quantitative estimate of drug-likeness (QED) is 0.160. The Kier molecular flexibility index (Phi) is 7.88. The van der Waals surface area contributed by atoms with Gasteiger partial charge in [0.25, 0.3) is 0 Å². The predicted octanol–water partition coefficient (Wildman–Crippen LogP) is 5.03. The van der Waals surface area contributed by atoms with Gasteiger partial charge in [-0.15, -0.1) is 11.8 Å². The van der Waals surface area contributed by atoms with E-state index in [-0.39, 0.29) is 43.0 Å². The van der Waals surface area contributed by atoms with Gasteiger partial charge in [-0.2, -0.15) is 0 Å². The molecule has 1 spiro atoms. The molecule has 1 aromatic heterocycles. The number of hydrogen-bond donors (Lipinski definition) is 4. The molecule has 5 N–H and O–H groups in total. The number of aromatic amines is 1. The number of nitrogens with zero attached hydrogens (tertiary/aromatic N) is 2. The standard InChI is InChI=1S/C44H49N5O9S/c1-19-10-26-29(34(51)35(19)54-7)32-33-39-31-30(38-37(56-18-57-38)20(2)36(31)58-21(3)50)28(49(33)42(4)15-43(26,5)48(32)16-42)14-55-41(52)44(17-59-39)40-25(11-22(13-45)47-44)24-12-23(53-6)8-9-27(24)46-40/h8-10,12,22,28,32-33,39,46-47,51H,11,13-18,45H2,1-7H3/t22-,28+,32-,33-,39-,42?,43?,44-/m1/s1. The number of thioether (sulfide) groups is 1. The lowest BCUT2D eigenvalue weighted by atomic mass is 9.72. The zero-order valence-corrected chi connectivity index (χ0v) is 35.1. The SMILES string of the molecule is COc1ccc2[nH]c3c(c2c1)C[C@H](CN)N[C@]31CS[C@@H]2c3c(OC(C)=O)c(C)c4c(c3[C@H](COC1=O)N1[C@@H]2[C@H]2c3c(cc(C)c(OC)c3O)C3(C)CC1(C)CN23)OCO4. The average molecular weight is 824 g/mol. The molecule has 3 aromatic carbocycles. The van der Waals surface area contributed by atoms with Crippen molar-refractivity contribution in [1.82, 2.24) is 20.1 Å². The van der Waals surface area contributed by atoms with Crippen molar-refractivity contribution >= 4 is 34.6 Å². The number of aromatic nitrogens is 1. The third kappa shape index (κ3) is 4.68. The molecule has 8 aliphatic rings. The van der Waals surface area contributed by atoms with Crippen molar-refractivity contribution in [3.05, 3.63) is 68.9 Å². The van der Waals surface area contributed by atoms with Crippen LogP contribution in [0.5, 0.6) is 34.5 Å². The van der Waals surface area contributed by atoms with Crippen molar-refractivity contribution in [2.75, 3.05) is 46.5 Å². The van der Waals surface area contributed by atoms with E-state index in [0.29, 0.717) is 48.1 Å². The van der Waals surface area contributed by atoms with Crippen molar-refractivity contribution in [2.45, 2.75) is 93.5 Å². The molecule has 0 aliphatic carbocycles. The summed E-state index contributed by atoms with van der Waals surface area (Å²) < 4.78 is 37.0. The summed E-state index contributed by atoms with van der Waals surface area (Å²) >= 11 is 1.63. The van der Waals surface area contributed by atoms with E-state index in [2.05, 4.69) is 40.0 Å². The molecule has 59 heavy (non-hydrogen) atoms. The number of phenolic OH excluding ortho intramolecular Hbond substituents is 1. The Labute approximate surface area is 345 Å². The van der Waals surface area contributed by atoms with Crippen LogP contribution in [0.3, 0.4) is 0 Å². The molecule has 14 nitrogen and oxygen atoms in total. The number of piperazine rings is 1. The second-order valence-electron chi connectivity index (χ2n) is 17.8. The van der Waals surface area contributed by atoms with Crippen LogP contribution in [0.4, 0.5) is 0 Å². The lowest BCUT2D eigenvalue weighted by Crippen LogP contribution is -2.67. The van der Waals surface area contributed by atoms with Crippen LogP contribution >= 0.6 is 11.8 Å². The number of rotatable bonds is 4. The first-order valence-electron chi connectivity index (χ1n) is 20.3. The van der Waals surface area contributed by atoms with Crippen molar-refractivity contribution in [3.63, 3.8) is 0 Å². The van der Waals surface area contributed by atoms with E-state index in [1.165, 1.54) is 6.92 Å². The van der Waals surface area contributed by atoms with E-state index in [1.54, 1.807) is 26.0 Å². The predicted molar refractivity (Wildman–Crippen MR) is 219 cm³/mol. The number of aryl methyl sites for hydroxylation is 1. The monoisotopic (exact) mass is 823 g/mol. The smallest absolute Gasteiger partial charge is 0.333 e. The third-order valence-corrected chi connectivity index (χ3v) is 16.0. The van der Waals surface area contributed by atoms with Gasteiger partial charge in [0.05, 0.1) is 37.2 Å². The number of carbonyl (C=O) groups excluding carboxylic acids is 2. The highest BCUT2D eigenvalue weighted by Crippen LogP contribution is 2.71. The van der Waals surface area contributed by atoms with Gasteiger partial charge in [0.15, 0.2) is 28.5 Å². The average Bonchev–Trinajstić information content (AvgIpc) is 3.95. The Morgan fingerprint density at radius 1 is 1.07 bits per heavy atom. The summed E-state index contributed by atoms with van der Waals surface area (Å²) in [6.45, 7) is 10.9. The normalized spacial score (nSPS) is 32.4. The summed E-state index contributed by atoms with van der Waals surface area (Å²) in [5, 5.41) is 16.5. The van der Waals surface area contributed by atoms with E-state index < -0.39 is 39.8 Å². The number of hydrogen-bond acceptors (Lipinski definition) is 14. The van der Waals surface area contributed by atoms with Crippen LogP contribution < -0.4 is 34.7 Å². The van der Waals surface area contributed by atoms with E-state index >= 15 is 4.79 Å². The Bertz CT molecular complexity index is 2540. The van der Waals surface area contributed by atoms with Crippen LogP contribution in [0.2, 0.25) is 0 Å².